The Hall–Kier alpha value is -3.61. The summed E-state index contributed by atoms with van der Waals surface area (Å²) >= 11 is 0. The predicted octanol–water partition coefficient (Wildman–Crippen LogP) is 4.37. The Balaban J connectivity index is 1.45. The summed E-state index contributed by atoms with van der Waals surface area (Å²) in [6.07, 6.45) is 0.0896. The highest BCUT2D eigenvalue weighted by molar-refractivity contribution is 5.87. The number of nitrogens with one attached hydrogen (secondary N) is 2. The second-order valence-corrected chi connectivity index (χ2v) is 8.42. The quantitative estimate of drug-likeness (QED) is 0.329. The molecular formula is C28H30N2O4. The molecule has 3 N–H and O–H groups in total. The van der Waals surface area contributed by atoms with Gasteiger partial charge in [0.25, 0.3) is 0 Å². The molecule has 0 aliphatic carbocycles. The van der Waals surface area contributed by atoms with Gasteiger partial charge in [-0.05, 0) is 54.3 Å². The van der Waals surface area contributed by atoms with Gasteiger partial charge in [0, 0.05) is 24.0 Å². The van der Waals surface area contributed by atoms with Crippen LogP contribution in [0, 0.1) is 0 Å². The van der Waals surface area contributed by atoms with Crippen LogP contribution in [-0.4, -0.2) is 29.8 Å². The number of fused-ring (bicyclic) bond motifs is 1. The average molecular weight is 459 g/mol. The first kappa shape index (κ1) is 23.5. The first-order valence-corrected chi connectivity index (χ1v) is 11.4. The number of methoxy groups -OCH3 is 1. The van der Waals surface area contributed by atoms with Crippen LogP contribution in [0.4, 0.5) is 0 Å². The highest BCUT2D eigenvalue weighted by Gasteiger charge is 2.16. The Morgan fingerprint density at radius 1 is 0.941 bits per heavy atom. The molecule has 4 aromatic rings. The molecule has 0 unspecified atom stereocenters. The van der Waals surface area contributed by atoms with Crippen LogP contribution in [0.15, 0.2) is 83.7 Å². The molecule has 0 saturated carbocycles. The number of pyridine rings is 1. The fourth-order valence-corrected chi connectivity index (χ4v) is 4.00. The number of aromatic amines is 1. The van der Waals surface area contributed by atoms with Crippen LogP contribution in [0.25, 0.3) is 10.9 Å². The summed E-state index contributed by atoms with van der Waals surface area (Å²) in [5.41, 5.74) is 3.34. The third-order valence-corrected chi connectivity index (χ3v) is 5.85. The first-order chi connectivity index (χ1) is 16.5. The topological polar surface area (TPSA) is 83.6 Å². The van der Waals surface area contributed by atoms with E-state index in [9.17, 15) is 9.90 Å². The van der Waals surface area contributed by atoms with E-state index >= 15 is 0 Å². The Labute approximate surface area is 199 Å². The van der Waals surface area contributed by atoms with Crippen LogP contribution in [0.3, 0.4) is 0 Å². The zero-order valence-electron chi connectivity index (χ0n) is 19.5. The van der Waals surface area contributed by atoms with E-state index in [0.717, 1.165) is 28.7 Å². The van der Waals surface area contributed by atoms with Crippen LogP contribution in [0.1, 0.15) is 29.7 Å². The van der Waals surface area contributed by atoms with E-state index < -0.39 is 6.10 Å². The van der Waals surface area contributed by atoms with Crippen LogP contribution in [-0.2, 0) is 13.0 Å². The lowest BCUT2D eigenvalue weighted by molar-refractivity contribution is 0.172. The van der Waals surface area contributed by atoms with Crippen molar-refractivity contribution in [3.63, 3.8) is 0 Å². The molecular weight excluding hydrogens is 428 g/mol. The number of hydrogen-bond donors (Lipinski definition) is 3. The van der Waals surface area contributed by atoms with Crippen molar-refractivity contribution in [1.82, 2.24) is 10.3 Å². The van der Waals surface area contributed by atoms with Gasteiger partial charge in [-0.25, -0.2) is 0 Å². The van der Waals surface area contributed by atoms with E-state index in [1.165, 1.54) is 11.6 Å². The van der Waals surface area contributed by atoms with Crippen molar-refractivity contribution in [2.24, 2.45) is 0 Å². The van der Waals surface area contributed by atoms with Crippen molar-refractivity contribution >= 4 is 10.9 Å². The molecule has 0 bridgehead atoms. The maximum absolute atomic E-state index is 12.0. The summed E-state index contributed by atoms with van der Waals surface area (Å²) in [6.45, 7) is 2.86. The monoisotopic (exact) mass is 458 g/mol. The van der Waals surface area contributed by atoms with Gasteiger partial charge in [-0.2, -0.15) is 0 Å². The number of aliphatic hydroxyl groups excluding tert-OH is 1. The minimum Gasteiger partial charge on any atom is -0.497 e. The van der Waals surface area contributed by atoms with Crippen LogP contribution < -0.4 is 20.3 Å². The third kappa shape index (κ3) is 5.84. The fraction of sp³-hybridized carbons (Fsp3) is 0.250. The molecule has 176 valence electrons. The number of ether oxygens (including phenoxy) is 2. The van der Waals surface area contributed by atoms with Crippen LogP contribution >= 0.6 is 0 Å². The zero-order valence-corrected chi connectivity index (χ0v) is 19.5. The van der Waals surface area contributed by atoms with Gasteiger partial charge in [0.1, 0.15) is 18.1 Å². The largest absolute Gasteiger partial charge is 0.497 e. The molecule has 4 rings (SSSR count). The molecule has 0 radical (unpaired) electrons. The molecule has 34 heavy (non-hydrogen) atoms. The Morgan fingerprint density at radius 2 is 1.71 bits per heavy atom. The van der Waals surface area contributed by atoms with Gasteiger partial charge in [0.05, 0.1) is 18.7 Å². The number of benzene rings is 3. The van der Waals surface area contributed by atoms with Gasteiger partial charge in [0.15, 0.2) is 0 Å². The van der Waals surface area contributed by atoms with E-state index in [0.29, 0.717) is 24.4 Å². The molecule has 0 saturated heterocycles. The van der Waals surface area contributed by atoms with E-state index in [2.05, 4.69) is 17.2 Å². The van der Waals surface area contributed by atoms with Gasteiger partial charge in [-0.3, -0.25) is 4.79 Å². The summed E-state index contributed by atoms with van der Waals surface area (Å²) in [5.74, 6) is 1.41. The van der Waals surface area contributed by atoms with E-state index in [4.69, 9.17) is 9.47 Å². The summed E-state index contributed by atoms with van der Waals surface area (Å²) < 4.78 is 11.2. The number of aliphatic hydroxyl groups is 1. The smallest absolute Gasteiger partial charge is 0.248 e. The molecule has 0 aliphatic heterocycles. The SMILES string of the molecule is COc1ccc(C[C@H](C)NC[C@@H](O)c2ccc(OCc3ccccc3)c3[nH]c(=O)ccc23)cc1. The normalized spacial score (nSPS) is 12.9. The maximum atomic E-state index is 12.0. The molecule has 0 spiro atoms. The van der Waals surface area contributed by atoms with Gasteiger partial charge >= 0.3 is 0 Å². The lowest BCUT2D eigenvalue weighted by Gasteiger charge is -2.20. The summed E-state index contributed by atoms with van der Waals surface area (Å²) in [7, 11) is 1.65. The Bertz CT molecular complexity index is 1270. The summed E-state index contributed by atoms with van der Waals surface area (Å²) in [4.78, 5) is 14.9. The molecule has 2 atom stereocenters. The highest BCUT2D eigenvalue weighted by atomic mass is 16.5. The number of H-pyrrole nitrogens is 1. The Kier molecular flexibility index (Phi) is 7.62. The summed E-state index contributed by atoms with van der Waals surface area (Å²) in [6, 6.07) is 24.9. The van der Waals surface area contributed by atoms with Gasteiger partial charge in [-0.15, -0.1) is 0 Å². The minimum absolute atomic E-state index is 0.169. The number of aromatic nitrogens is 1. The van der Waals surface area contributed by atoms with Crippen LogP contribution in [0.5, 0.6) is 11.5 Å². The lowest BCUT2D eigenvalue weighted by Crippen LogP contribution is -2.32. The van der Waals surface area contributed by atoms with Gasteiger partial charge in [0.2, 0.25) is 5.56 Å². The molecule has 0 aliphatic rings. The summed E-state index contributed by atoms with van der Waals surface area (Å²) in [5, 5.41) is 15.1. The van der Waals surface area contributed by atoms with E-state index in [1.807, 2.05) is 60.7 Å². The average Bonchev–Trinajstić information content (AvgIpc) is 2.87. The van der Waals surface area contributed by atoms with E-state index in [-0.39, 0.29) is 11.6 Å². The molecule has 1 aromatic heterocycles. The number of hydrogen-bond acceptors (Lipinski definition) is 5. The van der Waals surface area contributed by atoms with Crippen molar-refractivity contribution < 1.29 is 14.6 Å². The maximum Gasteiger partial charge on any atom is 0.248 e. The fourth-order valence-electron chi connectivity index (χ4n) is 4.00. The van der Waals surface area contributed by atoms with Gasteiger partial charge < -0.3 is 24.9 Å². The standard InChI is InChI=1S/C28H30N2O4/c1-19(16-20-8-10-22(33-2)11-9-20)29-17-25(31)23-12-14-26(28-24(23)13-15-27(32)30-28)34-18-21-6-4-3-5-7-21/h3-15,19,25,29,31H,16-18H2,1-2H3,(H,30,32)/t19-,25+/m0/s1. The van der Waals surface area contributed by atoms with Crippen molar-refractivity contribution in [3.05, 3.63) is 106 Å². The van der Waals surface area contributed by atoms with Crippen molar-refractivity contribution in [2.45, 2.75) is 32.1 Å². The molecule has 0 amide bonds. The molecule has 1 heterocycles. The molecule has 0 fully saturated rings. The molecule has 6 heteroatoms. The predicted molar refractivity (Wildman–Crippen MR) is 134 cm³/mol. The second-order valence-electron chi connectivity index (χ2n) is 8.42. The van der Waals surface area contributed by atoms with Gasteiger partial charge in [-0.1, -0.05) is 48.5 Å². The van der Waals surface area contributed by atoms with Crippen molar-refractivity contribution in [2.75, 3.05) is 13.7 Å². The number of rotatable bonds is 10. The van der Waals surface area contributed by atoms with E-state index in [1.54, 1.807) is 19.2 Å². The van der Waals surface area contributed by atoms with Crippen molar-refractivity contribution in [1.29, 1.82) is 0 Å². The molecule has 6 nitrogen and oxygen atoms in total. The zero-order chi connectivity index (χ0) is 23.9. The third-order valence-electron chi connectivity index (χ3n) is 5.85. The minimum atomic E-state index is -0.741. The Morgan fingerprint density at radius 3 is 2.44 bits per heavy atom. The lowest BCUT2D eigenvalue weighted by atomic mass is 10.0. The van der Waals surface area contributed by atoms with Crippen LogP contribution in [0.2, 0.25) is 0 Å². The highest BCUT2D eigenvalue weighted by Crippen LogP contribution is 2.30. The van der Waals surface area contributed by atoms with Crippen molar-refractivity contribution in [3.8, 4) is 11.5 Å². The second kappa shape index (κ2) is 11.0. The first-order valence-electron chi connectivity index (χ1n) is 11.4. The molecule has 3 aromatic carbocycles.